The lowest BCUT2D eigenvalue weighted by Gasteiger charge is -2.29. The summed E-state index contributed by atoms with van der Waals surface area (Å²) in [4.78, 5) is 14.8. The molecule has 4 heteroatoms. The summed E-state index contributed by atoms with van der Waals surface area (Å²) in [5.41, 5.74) is 0.763. The van der Waals surface area contributed by atoms with Gasteiger partial charge < -0.3 is 9.47 Å². The molecule has 0 bridgehead atoms. The van der Waals surface area contributed by atoms with E-state index in [0.29, 0.717) is 13.2 Å². The molecule has 1 aromatic rings. The van der Waals surface area contributed by atoms with Gasteiger partial charge in [0.25, 0.3) is 0 Å². The Morgan fingerprint density at radius 1 is 1.10 bits per heavy atom. The Morgan fingerprint density at radius 2 is 1.65 bits per heavy atom. The fourth-order valence-corrected chi connectivity index (χ4v) is 2.24. The van der Waals surface area contributed by atoms with E-state index < -0.39 is 0 Å². The number of hydrogen-bond acceptors (Lipinski definition) is 4. The zero-order valence-corrected chi connectivity index (χ0v) is 12.7. The zero-order chi connectivity index (χ0) is 14.8. The highest BCUT2D eigenvalue weighted by Gasteiger charge is 2.24. The van der Waals surface area contributed by atoms with Gasteiger partial charge in [-0.1, -0.05) is 37.3 Å². The molecule has 0 N–H and O–H groups in total. The van der Waals surface area contributed by atoms with Crippen LogP contribution in [0.2, 0.25) is 0 Å². The van der Waals surface area contributed by atoms with E-state index in [1.165, 1.54) is 0 Å². The summed E-state index contributed by atoms with van der Waals surface area (Å²) in [5.74, 6) is 0.167. The summed E-state index contributed by atoms with van der Waals surface area (Å²) >= 11 is 0. The number of hydrogen-bond donors (Lipinski definition) is 0. The number of carbonyl (C=O) groups excluding carboxylic acids is 1. The number of carbonyl (C=O) groups is 1. The van der Waals surface area contributed by atoms with Crippen LogP contribution in [0.4, 0.5) is 0 Å². The Balaban J connectivity index is 2.79. The van der Waals surface area contributed by atoms with E-state index in [1.807, 2.05) is 37.3 Å². The number of rotatable bonds is 10. The number of Topliss-reactive ketones (excluding diaryl/α,β-unsaturated/α-hetero) is 1. The number of ether oxygens (including phenoxy) is 2. The standard InChI is InChI=1S/C16H25NO3/c1-4-15(16(18)14-8-6-5-7-9-14)17(10-12-19-2)11-13-20-3/h5-9,15H,4,10-13H2,1-3H3. The van der Waals surface area contributed by atoms with Gasteiger partial charge in [0.05, 0.1) is 19.3 Å². The van der Waals surface area contributed by atoms with E-state index >= 15 is 0 Å². The van der Waals surface area contributed by atoms with Gasteiger partial charge in [-0.15, -0.1) is 0 Å². The Morgan fingerprint density at radius 3 is 2.10 bits per heavy atom. The number of ketones is 1. The Bertz CT molecular complexity index is 373. The average Bonchev–Trinajstić information content (AvgIpc) is 2.50. The van der Waals surface area contributed by atoms with E-state index in [1.54, 1.807) is 14.2 Å². The molecule has 4 nitrogen and oxygen atoms in total. The molecule has 1 aromatic carbocycles. The van der Waals surface area contributed by atoms with Crippen molar-refractivity contribution in [3.05, 3.63) is 35.9 Å². The van der Waals surface area contributed by atoms with Crippen molar-refractivity contribution in [1.82, 2.24) is 4.90 Å². The molecule has 0 aromatic heterocycles. The summed E-state index contributed by atoms with van der Waals surface area (Å²) in [7, 11) is 3.35. The molecule has 1 rings (SSSR count). The molecule has 112 valence electrons. The van der Waals surface area contributed by atoms with E-state index in [9.17, 15) is 4.79 Å². The van der Waals surface area contributed by atoms with Crippen LogP contribution in [-0.4, -0.2) is 57.2 Å². The normalized spacial score (nSPS) is 12.6. The molecule has 0 amide bonds. The predicted molar refractivity (Wildman–Crippen MR) is 80.2 cm³/mol. The molecular weight excluding hydrogens is 254 g/mol. The van der Waals surface area contributed by atoms with Gasteiger partial charge in [0.15, 0.2) is 5.78 Å². The molecule has 0 spiro atoms. The smallest absolute Gasteiger partial charge is 0.179 e. The lowest BCUT2D eigenvalue weighted by Crippen LogP contribution is -2.44. The fourth-order valence-electron chi connectivity index (χ4n) is 2.24. The van der Waals surface area contributed by atoms with Crippen LogP contribution < -0.4 is 0 Å². The molecule has 0 aliphatic rings. The van der Waals surface area contributed by atoms with Crippen molar-refractivity contribution >= 4 is 5.78 Å². The first-order chi connectivity index (χ1) is 9.74. The summed E-state index contributed by atoms with van der Waals surface area (Å²) in [5, 5.41) is 0. The molecule has 1 atom stereocenters. The highest BCUT2D eigenvalue weighted by atomic mass is 16.5. The second-order valence-electron chi connectivity index (χ2n) is 4.68. The van der Waals surface area contributed by atoms with E-state index in [4.69, 9.17) is 9.47 Å². The third-order valence-corrected chi connectivity index (χ3v) is 3.35. The molecular formula is C16H25NO3. The van der Waals surface area contributed by atoms with Crippen LogP contribution in [0.1, 0.15) is 23.7 Å². The van der Waals surface area contributed by atoms with Gasteiger partial charge in [0.2, 0.25) is 0 Å². The number of methoxy groups -OCH3 is 2. The zero-order valence-electron chi connectivity index (χ0n) is 12.7. The van der Waals surface area contributed by atoms with Crippen LogP contribution in [0.5, 0.6) is 0 Å². The Hall–Kier alpha value is -1.23. The average molecular weight is 279 g/mol. The maximum absolute atomic E-state index is 12.6. The van der Waals surface area contributed by atoms with E-state index in [-0.39, 0.29) is 11.8 Å². The third kappa shape index (κ3) is 5.04. The predicted octanol–water partition coefficient (Wildman–Crippen LogP) is 2.24. The van der Waals surface area contributed by atoms with Gasteiger partial charge in [-0.3, -0.25) is 9.69 Å². The molecule has 0 aliphatic carbocycles. The summed E-state index contributed by atoms with van der Waals surface area (Å²) in [6, 6.07) is 9.34. The summed E-state index contributed by atoms with van der Waals surface area (Å²) in [6.07, 6.45) is 0.779. The Labute approximate surface area is 121 Å². The second kappa shape index (κ2) is 9.64. The van der Waals surface area contributed by atoms with E-state index in [2.05, 4.69) is 4.90 Å². The van der Waals surface area contributed by atoms with Crippen LogP contribution in [-0.2, 0) is 9.47 Å². The molecule has 0 fully saturated rings. The lowest BCUT2D eigenvalue weighted by atomic mass is 10.0. The first kappa shape index (κ1) is 16.8. The molecule has 0 saturated heterocycles. The fraction of sp³-hybridized carbons (Fsp3) is 0.562. The minimum absolute atomic E-state index is 0.123. The van der Waals surface area contributed by atoms with Gasteiger partial charge in [-0.05, 0) is 6.42 Å². The lowest BCUT2D eigenvalue weighted by molar-refractivity contribution is 0.0646. The van der Waals surface area contributed by atoms with Crippen molar-refractivity contribution in [2.45, 2.75) is 19.4 Å². The van der Waals surface area contributed by atoms with Gasteiger partial charge in [0, 0.05) is 32.9 Å². The Kier molecular flexibility index (Phi) is 8.11. The van der Waals surface area contributed by atoms with Crippen LogP contribution in [0.25, 0.3) is 0 Å². The SMILES string of the molecule is CCC(C(=O)c1ccccc1)N(CCOC)CCOC. The quantitative estimate of drug-likeness (QED) is 0.616. The maximum atomic E-state index is 12.6. The highest BCUT2D eigenvalue weighted by Crippen LogP contribution is 2.12. The summed E-state index contributed by atoms with van der Waals surface area (Å²) < 4.78 is 10.3. The largest absolute Gasteiger partial charge is 0.383 e. The molecule has 0 heterocycles. The van der Waals surface area contributed by atoms with Gasteiger partial charge in [-0.2, -0.15) is 0 Å². The topological polar surface area (TPSA) is 38.8 Å². The van der Waals surface area contributed by atoms with Gasteiger partial charge >= 0.3 is 0 Å². The van der Waals surface area contributed by atoms with Crippen LogP contribution in [0.3, 0.4) is 0 Å². The highest BCUT2D eigenvalue weighted by molar-refractivity contribution is 6.00. The van der Waals surface area contributed by atoms with Crippen LogP contribution in [0.15, 0.2) is 30.3 Å². The molecule has 1 unspecified atom stereocenters. The molecule has 20 heavy (non-hydrogen) atoms. The molecule has 0 saturated carbocycles. The van der Waals surface area contributed by atoms with Crippen molar-refractivity contribution in [2.75, 3.05) is 40.5 Å². The van der Waals surface area contributed by atoms with Crippen molar-refractivity contribution in [2.24, 2.45) is 0 Å². The second-order valence-corrected chi connectivity index (χ2v) is 4.68. The van der Waals surface area contributed by atoms with Gasteiger partial charge in [0.1, 0.15) is 0 Å². The van der Waals surface area contributed by atoms with Crippen LogP contribution >= 0.6 is 0 Å². The monoisotopic (exact) mass is 279 g/mol. The van der Waals surface area contributed by atoms with Crippen molar-refractivity contribution in [3.8, 4) is 0 Å². The number of nitrogens with zero attached hydrogens (tertiary/aromatic N) is 1. The van der Waals surface area contributed by atoms with Gasteiger partial charge in [-0.25, -0.2) is 0 Å². The van der Waals surface area contributed by atoms with Crippen molar-refractivity contribution in [3.63, 3.8) is 0 Å². The first-order valence-corrected chi connectivity index (χ1v) is 7.05. The summed E-state index contributed by atoms with van der Waals surface area (Å²) in [6.45, 7) is 4.73. The maximum Gasteiger partial charge on any atom is 0.179 e. The van der Waals surface area contributed by atoms with Crippen LogP contribution in [0, 0.1) is 0 Å². The van der Waals surface area contributed by atoms with Crippen molar-refractivity contribution in [1.29, 1.82) is 0 Å². The first-order valence-electron chi connectivity index (χ1n) is 7.05. The number of benzene rings is 1. The molecule has 0 radical (unpaired) electrons. The van der Waals surface area contributed by atoms with Crippen molar-refractivity contribution < 1.29 is 14.3 Å². The minimum atomic E-state index is -0.123. The molecule has 0 aliphatic heterocycles. The third-order valence-electron chi connectivity index (χ3n) is 3.35. The minimum Gasteiger partial charge on any atom is -0.383 e. The van der Waals surface area contributed by atoms with E-state index in [0.717, 1.165) is 25.1 Å².